The second-order valence-electron chi connectivity index (χ2n) is 8.78. The van der Waals surface area contributed by atoms with Crippen LogP contribution in [0.3, 0.4) is 0 Å². The number of nitrogens with one attached hydrogen (secondary N) is 2. The first-order valence-corrected chi connectivity index (χ1v) is 11.9. The Labute approximate surface area is 220 Å². The molecular formula is C28H29N5O5. The highest BCUT2D eigenvalue weighted by atomic mass is 16.5. The molecule has 0 spiro atoms. The SMILES string of the molecule is C=C(/C=C(/Cc1ccccc1)OC)C(=O)N[C@H]1COc2ccc(NC(=O)c3cnn(C)c3)cc2N(C)C1=O. The van der Waals surface area contributed by atoms with Gasteiger partial charge in [-0.1, -0.05) is 36.9 Å². The van der Waals surface area contributed by atoms with E-state index in [0.717, 1.165) is 5.56 Å². The molecule has 3 amide bonds. The number of benzene rings is 2. The number of hydrogen-bond acceptors (Lipinski definition) is 6. The van der Waals surface area contributed by atoms with Crippen LogP contribution in [-0.2, 0) is 27.8 Å². The van der Waals surface area contributed by atoms with Gasteiger partial charge in [0.15, 0.2) is 0 Å². The molecule has 0 bridgehead atoms. The van der Waals surface area contributed by atoms with Gasteiger partial charge in [0.2, 0.25) is 0 Å². The van der Waals surface area contributed by atoms with Gasteiger partial charge in [-0.2, -0.15) is 5.10 Å². The van der Waals surface area contributed by atoms with E-state index < -0.39 is 11.9 Å². The van der Waals surface area contributed by atoms with E-state index in [1.807, 2.05) is 30.3 Å². The fraction of sp³-hybridized carbons (Fsp3) is 0.214. The van der Waals surface area contributed by atoms with E-state index in [4.69, 9.17) is 9.47 Å². The van der Waals surface area contributed by atoms with Gasteiger partial charge >= 0.3 is 0 Å². The van der Waals surface area contributed by atoms with Crippen molar-refractivity contribution in [1.29, 1.82) is 0 Å². The Bertz CT molecular complexity index is 1400. The lowest BCUT2D eigenvalue weighted by atomic mass is 10.1. The quantitative estimate of drug-likeness (QED) is 0.271. The first-order valence-electron chi connectivity index (χ1n) is 11.9. The molecule has 1 aliphatic rings. The Morgan fingerprint density at radius 1 is 1.21 bits per heavy atom. The van der Waals surface area contributed by atoms with Crippen molar-refractivity contribution >= 4 is 29.1 Å². The predicted molar refractivity (Wildman–Crippen MR) is 143 cm³/mol. The third-order valence-electron chi connectivity index (χ3n) is 5.99. The fourth-order valence-electron chi connectivity index (χ4n) is 3.91. The maximum atomic E-state index is 13.2. The Hall–Kier alpha value is -4.86. The van der Waals surface area contributed by atoms with Crippen molar-refractivity contribution in [2.75, 3.05) is 31.0 Å². The fourth-order valence-corrected chi connectivity index (χ4v) is 3.91. The largest absolute Gasteiger partial charge is 0.501 e. The van der Waals surface area contributed by atoms with E-state index in [1.54, 1.807) is 44.6 Å². The molecule has 4 rings (SSSR count). The summed E-state index contributed by atoms with van der Waals surface area (Å²) in [5.74, 6) is -0.217. The second-order valence-corrected chi connectivity index (χ2v) is 8.78. The molecule has 1 aromatic heterocycles. The maximum absolute atomic E-state index is 13.2. The number of nitrogens with zero attached hydrogens (tertiary/aromatic N) is 3. The van der Waals surface area contributed by atoms with Gasteiger partial charge in [-0.25, -0.2) is 0 Å². The summed E-state index contributed by atoms with van der Waals surface area (Å²) in [7, 11) is 4.83. The minimum atomic E-state index is -0.946. The van der Waals surface area contributed by atoms with Gasteiger partial charge in [0, 0.05) is 38.0 Å². The number of allylic oxidation sites excluding steroid dienone is 1. The number of hydrogen-bond donors (Lipinski definition) is 2. The van der Waals surface area contributed by atoms with Crippen molar-refractivity contribution in [3.63, 3.8) is 0 Å². The Kier molecular flexibility index (Phi) is 7.91. The molecule has 0 radical (unpaired) electrons. The number of amides is 3. The zero-order chi connectivity index (χ0) is 27.2. The highest BCUT2D eigenvalue weighted by molar-refractivity contribution is 6.06. The van der Waals surface area contributed by atoms with Crippen molar-refractivity contribution in [2.45, 2.75) is 12.5 Å². The Morgan fingerprint density at radius 3 is 2.66 bits per heavy atom. The van der Waals surface area contributed by atoms with Gasteiger partial charge in [0.05, 0.1) is 24.6 Å². The van der Waals surface area contributed by atoms with Crippen LogP contribution in [0.15, 0.2) is 84.9 Å². The van der Waals surface area contributed by atoms with Crippen LogP contribution in [0.1, 0.15) is 15.9 Å². The van der Waals surface area contributed by atoms with Crippen LogP contribution in [-0.4, -0.2) is 54.3 Å². The molecule has 2 heterocycles. The van der Waals surface area contributed by atoms with E-state index >= 15 is 0 Å². The lowest BCUT2D eigenvalue weighted by molar-refractivity contribution is -0.125. The number of aromatic nitrogens is 2. The number of rotatable bonds is 8. The van der Waals surface area contributed by atoms with E-state index in [1.165, 1.54) is 22.9 Å². The van der Waals surface area contributed by atoms with Crippen molar-refractivity contribution < 1.29 is 23.9 Å². The molecule has 196 valence electrons. The van der Waals surface area contributed by atoms with Gasteiger partial charge < -0.3 is 25.0 Å². The van der Waals surface area contributed by atoms with E-state index in [0.29, 0.717) is 34.9 Å². The molecule has 0 unspecified atom stereocenters. The highest BCUT2D eigenvalue weighted by Crippen LogP contribution is 2.33. The summed E-state index contributed by atoms with van der Waals surface area (Å²) in [4.78, 5) is 40.0. The number of carbonyl (C=O) groups is 3. The molecule has 0 aliphatic carbocycles. The van der Waals surface area contributed by atoms with Crippen LogP contribution in [0.4, 0.5) is 11.4 Å². The Balaban J connectivity index is 1.42. The molecule has 0 saturated carbocycles. The summed E-state index contributed by atoms with van der Waals surface area (Å²) in [6, 6.07) is 13.7. The van der Waals surface area contributed by atoms with Crippen molar-refractivity contribution in [1.82, 2.24) is 15.1 Å². The molecule has 38 heavy (non-hydrogen) atoms. The molecule has 1 aliphatic heterocycles. The third-order valence-corrected chi connectivity index (χ3v) is 5.99. The second kappa shape index (κ2) is 11.5. The van der Waals surface area contributed by atoms with E-state index in [9.17, 15) is 14.4 Å². The average molecular weight is 516 g/mol. The summed E-state index contributed by atoms with van der Waals surface area (Å²) >= 11 is 0. The highest BCUT2D eigenvalue weighted by Gasteiger charge is 2.31. The molecule has 2 aromatic carbocycles. The first kappa shape index (κ1) is 26.2. The summed E-state index contributed by atoms with van der Waals surface area (Å²) in [5.41, 5.74) is 2.51. The molecular weight excluding hydrogens is 486 g/mol. The van der Waals surface area contributed by atoms with E-state index in [-0.39, 0.29) is 24.0 Å². The lowest BCUT2D eigenvalue weighted by Gasteiger charge is -2.21. The van der Waals surface area contributed by atoms with Gasteiger partial charge in [-0.15, -0.1) is 0 Å². The Morgan fingerprint density at radius 2 is 1.97 bits per heavy atom. The minimum Gasteiger partial charge on any atom is -0.501 e. The normalized spacial score (nSPS) is 15.1. The van der Waals surface area contributed by atoms with Gasteiger partial charge in [-0.05, 0) is 29.8 Å². The van der Waals surface area contributed by atoms with Crippen LogP contribution in [0, 0.1) is 0 Å². The van der Waals surface area contributed by atoms with Crippen LogP contribution in [0.25, 0.3) is 0 Å². The van der Waals surface area contributed by atoms with Crippen molar-refractivity contribution in [2.24, 2.45) is 7.05 Å². The monoisotopic (exact) mass is 515 g/mol. The summed E-state index contributed by atoms with van der Waals surface area (Å²) in [6.45, 7) is 3.77. The number of aryl methyl sites for hydroxylation is 1. The summed E-state index contributed by atoms with van der Waals surface area (Å²) in [5, 5.41) is 9.49. The van der Waals surface area contributed by atoms with E-state index in [2.05, 4.69) is 22.3 Å². The van der Waals surface area contributed by atoms with Crippen molar-refractivity contribution in [3.05, 3.63) is 96.0 Å². The van der Waals surface area contributed by atoms with Crippen LogP contribution in [0.2, 0.25) is 0 Å². The van der Waals surface area contributed by atoms with Crippen LogP contribution >= 0.6 is 0 Å². The van der Waals surface area contributed by atoms with Gasteiger partial charge in [0.1, 0.15) is 24.2 Å². The average Bonchev–Trinajstić information content (AvgIpc) is 3.32. The molecule has 0 saturated heterocycles. The van der Waals surface area contributed by atoms with Gasteiger partial charge in [-0.3, -0.25) is 19.1 Å². The summed E-state index contributed by atoms with van der Waals surface area (Å²) < 4.78 is 12.8. The van der Waals surface area contributed by atoms with Crippen molar-refractivity contribution in [3.8, 4) is 5.75 Å². The number of methoxy groups -OCH3 is 1. The zero-order valence-corrected chi connectivity index (χ0v) is 21.4. The maximum Gasteiger partial charge on any atom is 0.258 e. The summed E-state index contributed by atoms with van der Waals surface area (Å²) in [6.07, 6.45) is 5.11. The van der Waals surface area contributed by atoms with Crippen LogP contribution < -0.4 is 20.3 Å². The predicted octanol–water partition coefficient (Wildman–Crippen LogP) is 2.84. The molecule has 10 nitrogen and oxygen atoms in total. The topological polar surface area (TPSA) is 115 Å². The standard InChI is InChI=1S/C28H29N5O5/c1-18(12-22(37-4)13-19-8-6-5-7-9-19)26(34)31-23-17-38-25-11-10-21(14-24(25)33(3)28(23)36)30-27(35)20-15-29-32(2)16-20/h5-12,14-16,23H,1,13,17H2,2-4H3,(H,30,35)(H,31,34)/b22-12-/t23-/m0/s1. The number of fused-ring (bicyclic) bond motifs is 1. The smallest absolute Gasteiger partial charge is 0.258 e. The molecule has 2 N–H and O–H groups in total. The zero-order valence-electron chi connectivity index (χ0n) is 21.4. The van der Waals surface area contributed by atoms with Gasteiger partial charge in [0.25, 0.3) is 17.7 Å². The first-order chi connectivity index (χ1) is 18.2. The third kappa shape index (κ3) is 6.09. The number of likely N-dealkylation sites (N-methyl/N-ethyl adjacent to an activating group) is 1. The number of carbonyl (C=O) groups excluding carboxylic acids is 3. The molecule has 10 heteroatoms. The molecule has 1 atom stereocenters. The molecule has 3 aromatic rings. The lowest BCUT2D eigenvalue weighted by Crippen LogP contribution is -2.49. The number of anilines is 2. The van der Waals surface area contributed by atoms with Crippen LogP contribution in [0.5, 0.6) is 5.75 Å². The number of ether oxygens (including phenoxy) is 2. The molecule has 0 fully saturated rings. The minimum absolute atomic E-state index is 0.0680.